The first kappa shape index (κ1) is 18.9. The van der Waals surface area contributed by atoms with Crippen LogP contribution in [-0.4, -0.2) is 15.5 Å². The molecule has 0 spiro atoms. The topological polar surface area (TPSA) is 46.9 Å². The fraction of sp³-hybridized carbons (Fsp3) is 0.200. The zero-order chi connectivity index (χ0) is 20.4. The number of para-hydroxylation sites is 2. The second-order valence-corrected chi connectivity index (χ2v) is 7.48. The number of amides is 1. The summed E-state index contributed by atoms with van der Waals surface area (Å²) in [6, 6.07) is 23.9. The van der Waals surface area contributed by atoms with Crippen LogP contribution in [0.5, 0.6) is 0 Å². The summed E-state index contributed by atoms with van der Waals surface area (Å²) in [4.78, 5) is 17.7. The third-order valence-electron chi connectivity index (χ3n) is 5.40. The van der Waals surface area contributed by atoms with E-state index in [9.17, 15) is 4.79 Å². The van der Waals surface area contributed by atoms with Crippen molar-refractivity contribution in [3.8, 4) is 0 Å². The predicted octanol–water partition coefficient (Wildman–Crippen LogP) is 5.19. The first-order valence-corrected chi connectivity index (χ1v) is 9.91. The van der Waals surface area contributed by atoms with Gasteiger partial charge in [0.15, 0.2) is 0 Å². The number of carbonyl (C=O) groups is 1. The van der Waals surface area contributed by atoms with Crippen molar-refractivity contribution in [3.05, 3.63) is 101 Å². The molecule has 0 aliphatic heterocycles. The lowest BCUT2D eigenvalue weighted by Gasteiger charge is -2.18. The van der Waals surface area contributed by atoms with E-state index in [0.29, 0.717) is 12.1 Å². The quantitative estimate of drug-likeness (QED) is 0.515. The highest BCUT2D eigenvalue weighted by molar-refractivity contribution is 5.95. The summed E-state index contributed by atoms with van der Waals surface area (Å²) >= 11 is 0. The zero-order valence-corrected chi connectivity index (χ0v) is 17.0. The Morgan fingerprint density at radius 3 is 2.34 bits per heavy atom. The first-order valence-electron chi connectivity index (χ1n) is 9.91. The molecule has 0 bridgehead atoms. The van der Waals surface area contributed by atoms with Gasteiger partial charge in [0.1, 0.15) is 5.82 Å². The molecular formula is C25H25N3O. The summed E-state index contributed by atoms with van der Waals surface area (Å²) in [6.45, 7) is 6.78. The van der Waals surface area contributed by atoms with Gasteiger partial charge in [-0.05, 0) is 55.7 Å². The molecule has 1 atom stereocenters. The van der Waals surface area contributed by atoms with Crippen LogP contribution in [-0.2, 0) is 6.54 Å². The maximum Gasteiger partial charge on any atom is 0.252 e. The minimum Gasteiger partial charge on any atom is -0.342 e. The number of imidazole rings is 1. The molecule has 0 fully saturated rings. The molecule has 0 saturated carbocycles. The number of nitrogens with one attached hydrogen (secondary N) is 1. The second-order valence-electron chi connectivity index (χ2n) is 7.48. The number of hydrogen-bond acceptors (Lipinski definition) is 2. The minimum absolute atomic E-state index is 0.0786. The van der Waals surface area contributed by atoms with Crippen LogP contribution in [0.3, 0.4) is 0 Å². The number of carbonyl (C=O) groups excluding carboxylic acids is 1. The van der Waals surface area contributed by atoms with Gasteiger partial charge in [0, 0.05) is 12.1 Å². The Morgan fingerprint density at radius 1 is 0.931 bits per heavy atom. The smallest absolute Gasteiger partial charge is 0.252 e. The Bertz CT molecular complexity index is 1180. The largest absolute Gasteiger partial charge is 0.342 e. The van der Waals surface area contributed by atoms with Gasteiger partial charge in [0.25, 0.3) is 5.91 Å². The Balaban J connectivity index is 1.70. The number of aryl methyl sites for hydroxylation is 2. The molecule has 4 heteroatoms. The van der Waals surface area contributed by atoms with E-state index < -0.39 is 0 Å². The summed E-state index contributed by atoms with van der Waals surface area (Å²) in [5.74, 6) is 0.779. The van der Waals surface area contributed by atoms with Crippen molar-refractivity contribution < 1.29 is 4.79 Å². The van der Waals surface area contributed by atoms with Crippen LogP contribution >= 0.6 is 0 Å². The van der Waals surface area contributed by atoms with E-state index in [4.69, 9.17) is 4.98 Å². The molecule has 1 amide bonds. The van der Waals surface area contributed by atoms with Gasteiger partial charge in [0.2, 0.25) is 0 Å². The van der Waals surface area contributed by atoms with Crippen LogP contribution in [0.4, 0.5) is 0 Å². The van der Waals surface area contributed by atoms with E-state index in [1.165, 1.54) is 11.1 Å². The highest BCUT2D eigenvalue weighted by atomic mass is 16.1. The van der Waals surface area contributed by atoms with E-state index in [2.05, 4.69) is 47.1 Å². The van der Waals surface area contributed by atoms with Crippen molar-refractivity contribution in [2.45, 2.75) is 33.4 Å². The molecule has 29 heavy (non-hydrogen) atoms. The van der Waals surface area contributed by atoms with E-state index in [0.717, 1.165) is 22.4 Å². The molecule has 1 aromatic heterocycles. The predicted molar refractivity (Wildman–Crippen MR) is 117 cm³/mol. The van der Waals surface area contributed by atoms with Gasteiger partial charge in [-0.3, -0.25) is 4.79 Å². The summed E-state index contributed by atoms with van der Waals surface area (Å²) in [7, 11) is 0. The first-order chi connectivity index (χ1) is 14.0. The number of benzene rings is 3. The SMILES string of the molecule is Cc1ccccc1Cn1c(C(C)NC(=O)c2ccccc2C)nc2ccccc21. The van der Waals surface area contributed by atoms with Crippen molar-refractivity contribution in [1.29, 1.82) is 0 Å². The van der Waals surface area contributed by atoms with Crippen molar-refractivity contribution >= 4 is 16.9 Å². The van der Waals surface area contributed by atoms with Crippen LogP contribution in [0.25, 0.3) is 11.0 Å². The standard InChI is InChI=1S/C25H25N3O/c1-17-10-4-6-12-20(17)16-28-23-15-9-8-14-22(23)27-24(28)19(3)26-25(29)21-13-7-5-11-18(21)2/h4-15,19H,16H2,1-3H3,(H,26,29). The highest BCUT2D eigenvalue weighted by Crippen LogP contribution is 2.23. The van der Waals surface area contributed by atoms with Crippen LogP contribution in [0.1, 0.15) is 45.8 Å². The molecule has 4 aromatic rings. The van der Waals surface area contributed by atoms with Gasteiger partial charge < -0.3 is 9.88 Å². The fourth-order valence-corrected chi connectivity index (χ4v) is 3.72. The Labute approximate surface area is 171 Å². The molecule has 0 saturated heterocycles. The molecule has 4 rings (SSSR count). The molecule has 1 heterocycles. The van der Waals surface area contributed by atoms with Gasteiger partial charge in [-0.15, -0.1) is 0 Å². The Morgan fingerprint density at radius 2 is 1.59 bits per heavy atom. The number of nitrogens with zero attached hydrogens (tertiary/aromatic N) is 2. The van der Waals surface area contributed by atoms with Gasteiger partial charge >= 0.3 is 0 Å². The van der Waals surface area contributed by atoms with Crippen LogP contribution in [0.15, 0.2) is 72.8 Å². The number of rotatable bonds is 5. The fourth-order valence-electron chi connectivity index (χ4n) is 3.72. The summed E-state index contributed by atoms with van der Waals surface area (Å²) in [5.41, 5.74) is 6.16. The van der Waals surface area contributed by atoms with E-state index >= 15 is 0 Å². The minimum atomic E-state index is -0.224. The average Bonchev–Trinajstić information content (AvgIpc) is 3.08. The van der Waals surface area contributed by atoms with E-state index in [1.54, 1.807) is 0 Å². The average molecular weight is 383 g/mol. The summed E-state index contributed by atoms with van der Waals surface area (Å²) in [5, 5.41) is 3.13. The molecule has 4 nitrogen and oxygen atoms in total. The third kappa shape index (κ3) is 3.79. The highest BCUT2D eigenvalue weighted by Gasteiger charge is 2.20. The van der Waals surface area contributed by atoms with Crippen molar-refractivity contribution in [2.75, 3.05) is 0 Å². The number of fused-ring (bicyclic) bond motifs is 1. The summed E-state index contributed by atoms with van der Waals surface area (Å²) in [6.07, 6.45) is 0. The molecule has 0 aliphatic rings. The van der Waals surface area contributed by atoms with Crippen molar-refractivity contribution in [1.82, 2.24) is 14.9 Å². The lowest BCUT2D eigenvalue weighted by Crippen LogP contribution is -2.29. The van der Waals surface area contributed by atoms with Crippen LogP contribution in [0, 0.1) is 13.8 Å². The Hall–Kier alpha value is -3.40. The Kier molecular flexibility index (Phi) is 5.17. The molecule has 3 aromatic carbocycles. The van der Waals surface area contributed by atoms with Gasteiger partial charge in [-0.1, -0.05) is 54.6 Å². The van der Waals surface area contributed by atoms with Gasteiger partial charge in [-0.2, -0.15) is 0 Å². The number of aromatic nitrogens is 2. The maximum absolute atomic E-state index is 12.8. The maximum atomic E-state index is 12.8. The number of hydrogen-bond donors (Lipinski definition) is 1. The van der Waals surface area contributed by atoms with Crippen molar-refractivity contribution in [3.63, 3.8) is 0 Å². The van der Waals surface area contributed by atoms with Crippen LogP contribution in [0.2, 0.25) is 0 Å². The molecule has 0 aliphatic carbocycles. The normalized spacial score (nSPS) is 12.1. The lowest BCUT2D eigenvalue weighted by atomic mass is 10.1. The molecule has 0 radical (unpaired) electrons. The van der Waals surface area contributed by atoms with Crippen molar-refractivity contribution in [2.24, 2.45) is 0 Å². The van der Waals surface area contributed by atoms with E-state index in [1.807, 2.05) is 56.3 Å². The molecule has 146 valence electrons. The van der Waals surface area contributed by atoms with Gasteiger partial charge in [0.05, 0.1) is 17.1 Å². The molecular weight excluding hydrogens is 358 g/mol. The summed E-state index contributed by atoms with van der Waals surface area (Å²) < 4.78 is 2.21. The van der Waals surface area contributed by atoms with Gasteiger partial charge in [-0.25, -0.2) is 4.98 Å². The third-order valence-corrected chi connectivity index (χ3v) is 5.40. The monoisotopic (exact) mass is 383 g/mol. The second kappa shape index (κ2) is 7.92. The zero-order valence-electron chi connectivity index (χ0n) is 17.0. The van der Waals surface area contributed by atoms with E-state index in [-0.39, 0.29) is 11.9 Å². The molecule has 1 unspecified atom stereocenters. The molecule has 1 N–H and O–H groups in total. The van der Waals surface area contributed by atoms with Crippen LogP contribution < -0.4 is 5.32 Å². The lowest BCUT2D eigenvalue weighted by molar-refractivity contribution is 0.0937.